The van der Waals surface area contributed by atoms with E-state index in [4.69, 9.17) is 14.0 Å². The van der Waals surface area contributed by atoms with Gasteiger partial charge in [0.2, 0.25) is 0 Å². The van der Waals surface area contributed by atoms with Crippen molar-refractivity contribution in [3.63, 3.8) is 0 Å². The lowest BCUT2D eigenvalue weighted by Crippen LogP contribution is -2.31. The van der Waals surface area contributed by atoms with E-state index in [-0.39, 0.29) is 17.7 Å². The Balaban J connectivity index is 1.74. The second kappa shape index (κ2) is 6.89. The van der Waals surface area contributed by atoms with E-state index in [1.54, 1.807) is 6.92 Å². The Kier molecular flexibility index (Phi) is 4.88. The molecule has 1 heterocycles. The zero-order valence-corrected chi connectivity index (χ0v) is 13.6. The molecule has 23 heavy (non-hydrogen) atoms. The Hall–Kier alpha value is -1.59. The third kappa shape index (κ3) is 3.36. The van der Waals surface area contributed by atoms with Gasteiger partial charge in [0, 0.05) is 11.9 Å². The highest BCUT2D eigenvalue weighted by Gasteiger charge is 2.53. The highest BCUT2D eigenvalue weighted by atomic mass is 16.7. The van der Waals surface area contributed by atoms with E-state index in [0.717, 1.165) is 31.2 Å². The molecule has 1 aromatic rings. The zero-order valence-electron chi connectivity index (χ0n) is 13.6. The first kappa shape index (κ1) is 16.3. The Morgan fingerprint density at radius 1 is 1.35 bits per heavy atom. The van der Waals surface area contributed by atoms with Crippen LogP contribution in [0.4, 0.5) is 0 Å². The Bertz CT molecular complexity index is 566. The van der Waals surface area contributed by atoms with Gasteiger partial charge in [-0.05, 0) is 25.3 Å². The third-order valence-electron chi connectivity index (χ3n) is 4.66. The lowest BCUT2D eigenvalue weighted by atomic mass is 9.81. The summed E-state index contributed by atoms with van der Waals surface area (Å²) < 4.78 is 17.5. The van der Waals surface area contributed by atoms with Crippen LogP contribution >= 0.6 is 0 Å². The van der Waals surface area contributed by atoms with Crippen molar-refractivity contribution in [1.29, 1.82) is 0 Å². The standard InChI is InChI=1S/C18H23BO4/c1-3-21-17(20)14(2)13-19-22-16(15-9-5-4-6-10-15)18(23-19)11-7-8-12-18/h4-6,9-10,16H,2-3,7-8,11-13H2,1H3/t16-/m1/s1. The molecular weight excluding hydrogens is 291 g/mol. The molecule has 0 aromatic heterocycles. The molecule has 122 valence electrons. The van der Waals surface area contributed by atoms with Crippen LogP contribution in [0.15, 0.2) is 42.5 Å². The van der Waals surface area contributed by atoms with Gasteiger partial charge in [0.25, 0.3) is 0 Å². The summed E-state index contributed by atoms with van der Waals surface area (Å²) in [6, 6.07) is 10.2. The highest BCUT2D eigenvalue weighted by molar-refractivity contribution is 6.47. The van der Waals surface area contributed by atoms with Crippen molar-refractivity contribution >= 4 is 13.1 Å². The molecule has 1 aliphatic carbocycles. The molecule has 1 saturated heterocycles. The fraction of sp³-hybridized carbons (Fsp3) is 0.500. The van der Waals surface area contributed by atoms with Crippen LogP contribution in [0.3, 0.4) is 0 Å². The van der Waals surface area contributed by atoms with E-state index in [1.807, 2.05) is 18.2 Å². The molecule has 0 amide bonds. The SMILES string of the molecule is C=C(CB1O[C@H](c2ccccc2)C2(CCCC2)O1)C(=O)OCC. The van der Waals surface area contributed by atoms with Crippen molar-refractivity contribution < 1.29 is 18.8 Å². The van der Waals surface area contributed by atoms with E-state index < -0.39 is 7.12 Å². The summed E-state index contributed by atoms with van der Waals surface area (Å²) in [7, 11) is -0.435. The van der Waals surface area contributed by atoms with Gasteiger partial charge in [0.15, 0.2) is 0 Å². The van der Waals surface area contributed by atoms with Crippen LogP contribution in [0.25, 0.3) is 0 Å². The molecule has 3 rings (SSSR count). The Morgan fingerprint density at radius 2 is 2.04 bits per heavy atom. The number of ether oxygens (including phenoxy) is 1. The van der Waals surface area contributed by atoms with Gasteiger partial charge in [-0.3, -0.25) is 0 Å². The smallest absolute Gasteiger partial charge is 0.462 e. The predicted molar refractivity (Wildman–Crippen MR) is 88.9 cm³/mol. The Morgan fingerprint density at radius 3 is 2.70 bits per heavy atom. The van der Waals surface area contributed by atoms with Gasteiger partial charge in [-0.1, -0.05) is 49.8 Å². The summed E-state index contributed by atoms with van der Waals surface area (Å²) in [6.45, 7) is 5.95. The molecule has 2 aliphatic rings. The molecule has 1 aliphatic heterocycles. The molecule has 5 heteroatoms. The average Bonchev–Trinajstić information content (AvgIpc) is 3.16. The van der Waals surface area contributed by atoms with Crippen LogP contribution in [0.1, 0.15) is 44.3 Å². The van der Waals surface area contributed by atoms with Gasteiger partial charge < -0.3 is 14.0 Å². The number of hydrogen-bond acceptors (Lipinski definition) is 4. The fourth-order valence-electron chi connectivity index (χ4n) is 3.60. The number of carbonyl (C=O) groups excluding carboxylic acids is 1. The summed E-state index contributed by atoms with van der Waals surface area (Å²) >= 11 is 0. The first-order valence-corrected chi connectivity index (χ1v) is 8.38. The van der Waals surface area contributed by atoms with Gasteiger partial charge in [0.1, 0.15) is 0 Å². The molecule has 0 unspecified atom stereocenters. The minimum absolute atomic E-state index is 0.0776. The van der Waals surface area contributed by atoms with E-state index in [9.17, 15) is 4.79 Å². The fourth-order valence-corrected chi connectivity index (χ4v) is 3.60. The minimum Gasteiger partial charge on any atom is -0.463 e. The van der Waals surface area contributed by atoms with Gasteiger partial charge >= 0.3 is 13.1 Å². The number of esters is 1. The average molecular weight is 314 g/mol. The summed E-state index contributed by atoms with van der Waals surface area (Å²) in [4.78, 5) is 11.8. The quantitative estimate of drug-likeness (QED) is 0.472. The number of hydrogen-bond donors (Lipinski definition) is 0. The number of carbonyl (C=O) groups is 1. The molecule has 1 spiro atoms. The Labute approximate surface area is 138 Å². The maximum Gasteiger partial charge on any atom is 0.462 e. The monoisotopic (exact) mass is 314 g/mol. The first-order valence-electron chi connectivity index (χ1n) is 8.38. The van der Waals surface area contributed by atoms with Crippen molar-refractivity contribution in [2.45, 2.75) is 50.6 Å². The molecule has 1 aromatic carbocycles. The molecule has 4 nitrogen and oxygen atoms in total. The van der Waals surface area contributed by atoms with Gasteiger partial charge in [0.05, 0.1) is 18.3 Å². The molecular formula is C18H23BO4. The molecule has 1 atom stereocenters. The molecule has 0 radical (unpaired) electrons. The van der Waals surface area contributed by atoms with Crippen LogP contribution in [-0.2, 0) is 18.8 Å². The topological polar surface area (TPSA) is 44.8 Å². The summed E-state index contributed by atoms with van der Waals surface area (Å²) in [5, 5.41) is 0. The van der Waals surface area contributed by atoms with Crippen molar-refractivity contribution in [3.8, 4) is 0 Å². The number of benzene rings is 1. The summed E-state index contributed by atoms with van der Waals surface area (Å²) in [5.41, 5.74) is 1.28. The van der Waals surface area contributed by atoms with E-state index in [1.165, 1.54) is 0 Å². The second-order valence-corrected chi connectivity index (χ2v) is 6.27. The van der Waals surface area contributed by atoms with Crippen molar-refractivity contribution in [1.82, 2.24) is 0 Å². The lowest BCUT2D eigenvalue weighted by Gasteiger charge is -2.29. The summed E-state index contributed by atoms with van der Waals surface area (Å²) in [5.74, 6) is -0.372. The van der Waals surface area contributed by atoms with Crippen LogP contribution < -0.4 is 0 Å². The van der Waals surface area contributed by atoms with E-state index in [2.05, 4.69) is 18.7 Å². The van der Waals surface area contributed by atoms with Gasteiger partial charge in [-0.25, -0.2) is 4.79 Å². The van der Waals surface area contributed by atoms with E-state index >= 15 is 0 Å². The number of rotatable bonds is 5. The third-order valence-corrected chi connectivity index (χ3v) is 4.66. The molecule has 1 saturated carbocycles. The maximum absolute atomic E-state index is 11.8. The van der Waals surface area contributed by atoms with Gasteiger partial charge in [-0.2, -0.15) is 0 Å². The van der Waals surface area contributed by atoms with Gasteiger partial charge in [-0.15, -0.1) is 0 Å². The molecule has 0 bridgehead atoms. The normalized spacial score (nSPS) is 22.5. The zero-order chi connectivity index (χ0) is 16.3. The largest absolute Gasteiger partial charge is 0.463 e. The summed E-state index contributed by atoms with van der Waals surface area (Å²) in [6.07, 6.45) is 4.57. The van der Waals surface area contributed by atoms with Crippen LogP contribution in [0.2, 0.25) is 6.32 Å². The van der Waals surface area contributed by atoms with Crippen LogP contribution in [0, 0.1) is 0 Å². The molecule has 2 fully saturated rings. The van der Waals surface area contributed by atoms with Crippen LogP contribution in [0.5, 0.6) is 0 Å². The maximum atomic E-state index is 11.8. The second-order valence-electron chi connectivity index (χ2n) is 6.27. The van der Waals surface area contributed by atoms with E-state index in [0.29, 0.717) is 18.5 Å². The predicted octanol–water partition coefficient (Wildman–Crippen LogP) is 3.69. The first-order chi connectivity index (χ1) is 11.1. The van der Waals surface area contributed by atoms with Crippen molar-refractivity contribution in [3.05, 3.63) is 48.0 Å². The highest BCUT2D eigenvalue weighted by Crippen LogP contribution is 2.50. The lowest BCUT2D eigenvalue weighted by molar-refractivity contribution is -0.138. The van der Waals surface area contributed by atoms with Crippen molar-refractivity contribution in [2.75, 3.05) is 6.61 Å². The minimum atomic E-state index is -0.435. The van der Waals surface area contributed by atoms with Crippen LogP contribution in [-0.4, -0.2) is 25.3 Å². The molecule has 0 N–H and O–H groups in total. The van der Waals surface area contributed by atoms with Crippen molar-refractivity contribution in [2.24, 2.45) is 0 Å².